The molecule has 108 valence electrons. The van der Waals surface area contributed by atoms with Crippen molar-refractivity contribution >= 4 is 34.8 Å². The van der Waals surface area contributed by atoms with Crippen LogP contribution in [0.15, 0.2) is 0 Å². The van der Waals surface area contributed by atoms with E-state index >= 15 is 0 Å². The summed E-state index contributed by atoms with van der Waals surface area (Å²) in [6, 6.07) is 0. The monoisotopic (exact) mass is 303 g/mol. The molecular formula is C13H22ClN3OS. The first-order valence-corrected chi connectivity index (χ1v) is 7.59. The third-order valence-electron chi connectivity index (χ3n) is 3.20. The van der Waals surface area contributed by atoms with Gasteiger partial charge in [0, 0.05) is 11.3 Å². The fourth-order valence-electron chi connectivity index (χ4n) is 2.20. The van der Waals surface area contributed by atoms with E-state index in [9.17, 15) is 4.79 Å². The van der Waals surface area contributed by atoms with Crippen molar-refractivity contribution in [3.8, 4) is 0 Å². The van der Waals surface area contributed by atoms with E-state index in [4.69, 9.17) is 5.73 Å². The van der Waals surface area contributed by atoms with E-state index in [0.29, 0.717) is 13.0 Å². The summed E-state index contributed by atoms with van der Waals surface area (Å²) >= 11 is 1.65. The van der Waals surface area contributed by atoms with Gasteiger partial charge >= 0.3 is 0 Å². The summed E-state index contributed by atoms with van der Waals surface area (Å²) in [5.41, 5.74) is 6.59. The van der Waals surface area contributed by atoms with E-state index in [2.05, 4.69) is 10.3 Å². The van der Waals surface area contributed by atoms with Crippen LogP contribution >= 0.6 is 23.7 Å². The molecule has 2 rings (SSSR count). The number of rotatable bonds is 4. The third kappa shape index (κ3) is 5.09. The molecule has 0 aliphatic heterocycles. The van der Waals surface area contributed by atoms with Gasteiger partial charge in [-0.3, -0.25) is 4.79 Å². The Morgan fingerprint density at radius 3 is 2.74 bits per heavy atom. The van der Waals surface area contributed by atoms with Gasteiger partial charge in [0.1, 0.15) is 0 Å². The number of halogens is 1. The van der Waals surface area contributed by atoms with Crippen molar-refractivity contribution in [3.05, 3.63) is 10.6 Å². The maximum atomic E-state index is 11.6. The largest absolute Gasteiger partial charge is 0.330 e. The SMILES string of the molecule is Cl.NCCCC(=O)Nc1nc2c(s1)CCCCCC2. The van der Waals surface area contributed by atoms with E-state index in [1.807, 2.05) is 0 Å². The molecule has 1 heterocycles. The lowest BCUT2D eigenvalue weighted by molar-refractivity contribution is -0.116. The molecule has 0 atom stereocenters. The Morgan fingerprint density at radius 2 is 2.00 bits per heavy atom. The maximum Gasteiger partial charge on any atom is 0.226 e. The Kier molecular flexibility index (Phi) is 7.34. The molecule has 0 unspecified atom stereocenters. The highest BCUT2D eigenvalue weighted by atomic mass is 35.5. The summed E-state index contributed by atoms with van der Waals surface area (Å²) in [5.74, 6) is 0.0298. The Labute approximate surface area is 124 Å². The van der Waals surface area contributed by atoms with Gasteiger partial charge < -0.3 is 11.1 Å². The predicted octanol–water partition coefficient (Wildman–Crippen LogP) is 2.90. The zero-order chi connectivity index (χ0) is 12.8. The number of aryl methyl sites for hydroxylation is 2. The van der Waals surface area contributed by atoms with Crippen LogP contribution in [0.4, 0.5) is 5.13 Å². The summed E-state index contributed by atoms with van der Waals surface area (Å²) in [5, 5.41) is 3.66. The maximum absolute atomic E-state index is 11.6. The van der Waals surface area contributed by atoms with E-state index in [-0.39, 0.29) is 18.3 Å². The minimum absolute atomic E-state index is 0. The topological polar surface area (TPSA) is 68.0 Å². The molecule has 0 saturated carbocycles. The number of hydrogen-bond donors (Lipinski definition) is 2. The molecule has 1 aliphatic carbocycles. The molecule has 1 aliphatic rings. The van der Waals surface area contributed by atoms with Crippen LogP contribution in [0.5, 0.6) is 0 Å². The number of nitrogens with zero attached hydrogens (tertiary/aromatic N) is 1. The van der Waals surface area contributed by atoms with Crippen molar-refractivity contribution in [2.45, 2.75) is 51.4 Å². The minimum atomic E-state index is 0. The summed E-state index contributed by atoms with van der Waals surface area (Å²) < 4.78 is 0. The Hall–Kier alpha value is -0.650. The van der Waals surface area contributed by atoms with E-state index in [1.165, 1.54) is 36.3 Å². The summed E-state index contributed by atoms with van der Waals surface area (Å²) in [6.07, 6.45) is 8.48. The first-order valence-electron chi connectivity index (χ1n) is 6.78. The predicted molar refractivity (Wildman–Crippen MR) is 82.2 cm³/mol. The standard InChI is InChI=1S/C13H21N3OS.ClH/c14-9-5-8-12(17)16-13-15-10-6-3-1-2-4-7-11(10)18-13;/h1-9,14H2,(H,15,16,17);1H. The highest BCUT2D eigenvalue weighted by molar-refractivity contribution is 7.15. The Balaban J connectivity index is 0.00000180. The minimum Gasteiger partial charge on any atom is -0.330 e. The molecule has 4 nitrogen and oxygen atoms in total. The average molecular weight is 304 g/mol. The molecule has 3 N–H and O–H groups in total. The zero-order valence-electron chi connectivity index (χ0n) is 11.1. The van der Waals surface area contributed by atoms with Crippen LogP contribution < -0.4 is 11.1 Å². The van der Waals surface area contributed by atoms with Crippen molar-refractivity contribution in [1.82, 2.24) is 4.98 Å². The lowest BCUT2D eigenvalue weighted by Crippen LogP contribution is -2.13. The fraction of sp³-hybridized carbons (Fsp3) is 0.692. The highest BCUT2D eigenvalue weighted by Gasteiger charge is 2.14. The van der Waals surface area contributed by atoms with E-state index < -0.39 is 0 Å². The molecule has 1 amide bonds. The van der Waals surface area contributed by atoms with Crippen LogP contribution in [-0.4, -0.2) is 17.4 Å². The van der Waals surface area contributed by atoms with Crippen LogP contribution in [0.2, 0.25) is 0 Å². The Morgan fingerprint density at radius 1 is 1.26 bits per heavy atom. The van der Waals surface area contributed by atoms with Crippen molar-refractivity contribution in [2.75, 3.05) is 11.9 Å². The summed E-state index contributed by atoms with van der Waals surface area (Å²) in [7, 11) is 0. The van der Waals surface area contributed by atoms with Gasteiger partial charge in [0.15, 0.2) is 5.13 Å². The molecule has 6 heteroatoms. The van der Waals surface area contributed by atoms with Gasteiger partial charge in [-0.05, 0) is 38.6 Å². The first-order chi connectivity index (χ1) is 8.79. The van der Waals surface area contributed by atoms with Crippen molar-refractivity contribution in [1.29, 1.82) is 0 Å². The van der Waals surface area contributed by atoms with Crippen LogP contribution in [0.25, 0.3) is 0 Å². The van der Waals surface area contributed by atoms with Gasteiger partial charge in [-0.1, -0.05) is 12.8 Å². The van der Waals surface area contributed by atoms with Gasteiger partial charge in [0.05, 0.1) is 5.69 Å². The second-order valence-corrected chi connectivity index (χ2v) is 5.83. The number of nitrogens with one attached hydrogen (secondary N) is 1. The molecule has 0 spiro atoms. The van der Waals surface area contributed by atoms with Crippen LogP contribution in [0.3, 0.4) is 0 Å². The lowest BCUT2D eigenvalue weighted by Gasteiger charge is -2.06. The van der Waals surface area contributed by atoms with Gasteiger partial charge in [0.2, 0.25) is 5.91 Å². The molecule has 0 fully saturated rings. The van der Waals surface area contributed by atoms with Gasteiger partial charge in [-0.25, -0.2) is 4.98 Å². The van der Waals surface area contributed by atoms with Gasteiger partial charge in [-0.2, -0.15) is 0 Å². The van der Waals surface area contributed by atoms with Crippen LogP contribution in [0.1, 0.15) is 49.1 Å². The summed E-state index contributed by atoms with van der Waals surface area (Å²) in [4.78, 5) is 17.5. The zero-order valence-corrected chi connectivity index (χ0v) is 12.7. The van der Waals surface area contributed by atoms with Crippen molar-refractivity contribution < 1.29 is 4.79 Å². The number of anilines is 1. The molecule has 0 bridgehead atoms. The normalized spacial score (nSPS) is 14.8. The second-order valence-electron chi connectivity index (χ2n) is 4.74. The fourth-order valence-corrected chi connectivity index (χ4v) is 3.27. The first kappa shape index (κ1) is 16.4. The lowest BCUT2D eigenvalue weighted by atomic mass is 10.0. The quantitative estimate of drug-likeness (QED) is 0.898. The number of amides is 1. The number of nitrogens with two attached hydrogens (primary N) is 1. The van der Waals surface area contributed by atoms with E-state index in [1.54, 1.807) is 11.3 Å². The van der Waals surface area contributed by atoms with Gasteiger partial charge in [0.25, 0.3) is 0 Å². The molecule has 1 aromatic rings. The molecular weight excluding hydrogens is 282 g/mol. The smallest absolute Gasteiger partial charge is 0.226 e. The number of carbonyl (C=O) groups is 1. The molecule has 0 radical (unpaired) electrons. The second kappa shape index (κ2) is 8.51. The van der Waals surface area contributed by atoms with Crippen LogP contribution in [-0.2, 0) is 17.6 Å². The number of fused-ring (bicyclic) bond motifs is 1. The number of carbonyl (C=O) groups excluding carboxylic acids is 1. The molecule has 0 aromatic carbocycles. The van der Waals surface area contributed by atoms with E-state index in [0.717, 1.165) is 24.4 Å². The average Bonchev–Trinajstić information content (AvgIpc) is 2.68. The van der Waals surface area contributed by atoms with Crippen LogP contribution in [0, 0.1) is 0 Å². The highest BCUT2D eigenvalue weighted by Crippen LogP contribution is 2.28. The number of hydrogen-bond acceptors (Lipinski definition) is 4. The molecule has 1 aromatic heterocycles. The van der Waals surface area contributed by atoms with Crippen molar-refractivity contribution in [2.24, 2.45) is 5.73 Å². The molecule has 0 saturated heterocycles. The summed E-state index contributed by atoms with van der Waals surface area (Å²) in [6.45, 7) is 0.557. The molecule has 19 heavy (non-hydrogen) atoms. The Bertz CT molecular complexity index is 383. The number of thiazole rings is 1. The third-order valence-corrected chi connectivity index (χ3v) is 4.27. The number of aromatic nitrogens is 1. The van der Waals surface area contributed by atoms with Crippen molar-refractivity contribution in [3.63, 3.8) is 0 Å². The van der Waals surface area contributed by atoms with Gasteiger partial charge in [-0.15, -0.1) is 23.7 Å².